The van der Waals surface area contributed by atoms with E-state index in [-0.39, 0.29) is 18.3 Å². The normalized spacial score (nSPS) is 10.8. The molecule has 0 fully saturated rings. The molecule has 1 amide bonds. The Bertz CT molecular complexity index is 1030. The monoisotopic (exact) mass is 501 g/mol. The number of nitrogens with one attached hydrogen (secondary N) is 2. The second kappa shape index (κ2) is 13.1. The first-order valence-electron chi connectivity index (χ1n) is 10.0. The first-order chi connectivity index (χ1) is 15.1. The van der Waals surface area contributed by atoms with Gasteiger partial charge in [-0.05, 0) is 49.4 Å². The number of likely N-dealkylation sites (N-methyl/N-ethyl adjacent to an activating group) is 1. The van der Waals surface area contributed by atoms with Crippen molar-refractivity contribution < 1.29 is 27.4 Å². The number of benzene rings is 2. The lowest BCUT2D eigenvalue weighted by atomic mass is 10.1. The van der Waals surface area contributed by atoms with Gasteiger partial charge >= 0.3 is 0 Å². The first kappa shape index (κ1) is 28.3. The highest BCUT2D eigenvalue weighted by Gasteiger charge is 2.11. The van der Waals surface area contributed by atoms with E-state index in [9.17, 15) is 13.2 Å². The van der Waals surface area contributed by atoms with Crippen LogP contribution in [0.5, 0.6) is 17.2 Å². The second-order valence-electron chi connectivity index (χ2n) is 7.36. The summed E-state index contributed by atoms with van der Waals surface area (Å²) in [5.41, 5.74) is 1.88. The van der Waals surface area contributed by atoms with E-state index < -0.39 is 10.0 Å². The SMILES string of the molecule is COc1ccc(CCN(C)CCOc2ccc(NS(C)(=O)=O)cc2NC(C)=O)cc1OC.Cl. The molecule has 0 aliphatic heterocycles. The van der Waals surface area contributed by atoms with Gasteiger partial charge in [0.1, 0.15) is 12.4 Å². The zero-order valence-corrected chi connectivity index (χ0v) is 21.1. The van der Waals surface area contributed by atoms with Crippen LogP contribution in [-0.4, -0.2) is 66.4 Å². The van der Waals surface area contributed by atoms with E-state index in [4.69, 9.17) is 14.2 Å². The molecule has 0 aliphatic rings. The maximum Gasteiger partial charge on any atom is 0.229 e. The average Bonchev–Trinajstić information content (AvgIpc) is 2.72. The number of sulfonamides is 1. The minimum Gasteiger partial charge on any atom is -0.493 e. The Hall–Kier alpha value is -2.69. The summed E-state index contributed by atoms with van der Waals surface area (Å²) in [5, 5.41) is 2.67. The largest absolute Gasteiger partial charge is 0.493 e. The Balaban J connectivity index is 0.00000544. The Morgan fingerprint density at radius 3 is 2.27 bits per heavy atom. The molecule has 9 nitrogen and oxygen atoms in total. The van der Waals surface area contributed by atoms with Gasteiger partial charge < -0.3 is 24.4 Å². The van der Waals surface area contributed by atoms with E-state index >= 15 is 0 Å². The molecule has 2 aromatic carbocycles. The molecule has 0 aromatic heterocycles. The number of hydrogen-bond donors (Lipinski definition) is 2. The third-order valence-corrected chi connectivity index (χ3v) is 5.16. The molecule has 2 N–H and O–H groups in total. The van der Waals surface area contributed by atoms with Crippen molar-refractivity contribution in [2.75, 3.05) is 57.3 Å². The number of rotatable bonds is 12. The number of methoxy groups -OCH3 is 2. The fraction of sp³-hybridized carbons (Fsp3) is 0.409. The van der Waals surface area contributed by atoms with Crippen LogP contribution in [0, 0.1) is 0 Å². The number of nitrogens with zero attached hydrogens (tertiary/aromatic N) is 1. The van der Waals surface area contributed by atoms with E-state index in [1.165, 1.54) is 13.0 Å². The fourth-order valence-corrected chi connectivity index (χ4v) is 3.56. The lowest BCUT2D eigenvalue weighted by Gasteiger charge is -2.19. The van der Waals surface area contributed by atoms with E-state index in [1.807, 2.05) is 25.2 Å². The molecule has 0 radical (unpaired) electrons. The van der Waals surface area contributed by atoms with Gasteiger partial charge in [0.05, 0.1) is 31.9 Å². The molecule has 0 spiro atoms. The molecule has 0 saturated carbocycles. The number of halogens is 1. The quantitative estimate of drug-likeness (QED) is 0.460. The summed E-state index contributed by atoms with van der Waals surface area (Å²) in [4.78, 5) is 13.7. The molecule has 2 rings (SSSR count). The molecule has 0 atom stereocenters. The van der Waals surface area contributed by atoms with Crippen LogP contribution in [0.2, 0.25) is 0 Å². The number of ether oxygens (including phenoxy) is 3. The van der Waals surface area contributed by atoms with E-state index in [1.54, 1.807) is 26.4 Å². The van der Waals surface area contributed by atoms with Gasteiger partial charge in [0.25, 0.3) is 0 Å². The van der Waals surface area contributed by atoms with Gasteiger partial charge in [0.15, 0.2) is 11.5 Å². The van der Waals surface area contributed by atoms with Crippen molar-refractivity contribution >= 4 is 39.7 Å². The summed E-state index contributed by atoms with van der Waals surface area (Å²) in [6.45, 7) is 3.25. The highest BCUT2D eigenvalue weighted by Crippen LogP contribution is 2.29. The number of hydrogen-bond acceptors (Lipinski definition) is 7. The molecule has 33 heavy (non-hydrogen) atoms. The highest BCUT2D eigenvalue weighted by molar-refractivity contribution is 7.92. The van der Waals surface area contributed by atoms with E-state index in [0.717, 1.165) is 24.8 Å². The van der Waals surface area contributed by atoms with Crippen LogP contribution in [0.4, 0.5) is 11.4 Å². The molecular weight excluding hydrogens is 470 g/mol. The third-order valence-electron chi connectivity index (χ3n) is 4.55. The fourth-order valence-electron chi connectivity index (χ4n) is 3.00. The van der Waals surface area contributed by atoms with Gasteiger partial charge in [-0.25, -0.2) is 8.42 Å². The Labute approximate surface area is 201 Å². The van der Waals surface area contributed by atoms with Crippen LogP contribution < -0.4 is 24.2 Å². The number of carbonyl (C=O) groups is 1. The predicted octanol–water partition coefficient (Wildman–Crippen LogP) is 3.01. The summed E-state index contributed by atoms with van der Waals surface area (Å²) in [6, 6.07) is 10.6. The lowest BCUT2D eigenvalue weighted by molar-refractivity contribution is -0.114. The molecule has 11 heteroatoms. The van der Waals surface area contributed by atoms with E-state index in [2.05, 4.69) is 14.9 Å². The van der Waals surface area contributed by atoms with Crippen LogP contribution in [0.1, 0.15) is 12.5 Å². The molecule has 0 saturated heterocycles. The Kier molecular flexibility index (Phi) is 11.3. The summed E-state index contributed by atoms with van der Waals surface area (Å²) in [5.74, 6) is 1.59. The van der Waals surface area contributed by atoms with Crippen LogP contribution in [0.3, 0.4) is 0 Å². The van der Waals surface area contributed by atoms with Crippen molar-refractivity contribution in [3.63, 3.8) is 0 Å². The minimum atomic E-state index is -3.43. The van der Waals surface area contributed by atoms with Crippen LogP contribution in [0.25, 0.3) is 0 Å². The maximum atomic E-state index is 11.5. The molecular formula is C22H32ClN3O6S. The number of carbonyl (C=O) groups excluding carboxylic acids is 1. The standard InChI is InChI=1S/C22H31N3O6S.ClH/c1-16(26)23-19-15-18(24-32(5,27)28)7-9-20(19)31-13-12-25(2)11-10-17-6-8-21(29-3)22(14-17)30-4;/h6-9,14-15,24H,10-13H2,1-5H3,(H,23,26);1H. The zero-order valence-electron chi connectivity index (χ0n) is 19.5. The molecule has 0 unspecified atom stereocenters. The maximum absolute atomic E-state index is 11.5. The highest BCUT2D eigenvalue weighted by atomic mass is 35.5. The molecule has 184 valence electrons. The smallest absolute Gasteiger partial charge is 0.229 e. The van der Waals surface area contributed by atoms with Crippen molar-refractivity contribution in [1.82, 2.24) is 4.90 Å². The molecule has 0 aliphatic carbocycles. The van der Waals surface area contributed by atoms with Gasteiger partial charge in [0.2, 0.25) is 15.9 Å². The third kappa shape index (κ3) is 9.77. The number of anilines is 2. The van der Waals surface area contributed by atoms with Gasteiger partial charge in [-0.15, -0.1) is 12.4 Å². The Morgan fingerprint density at radius 1 is 1.00 bits per heavy atom. The van der Waals surface area contributed by atoms with Crippen molar-refractivity contribution in [2.24, 2.45) is 0 Å². The van der Waals surface area contributed by atoms with Gasteiger partial charge in [-0.2, -0.15) is 0 Å². The molecule has 0 heterocycles. The topological polar surface area (TPSA) is 106 Å². The van der Waals surface area contributed by atoms with Crippen LogP contribution in [0.15, 0.2) is 36.4 Å². The first-order valence-corrected chi connectivity index (χ1v) is 11.9. The molecule has 2 aromatic rings. The summed E-state index contributed by atoms with van der Waals surface area (Å²) in [7, 11) is 1.80. The molecule has 0 bridgehead atoms. The zero-order chi connectivity index (χ0) is 23.7. The van der Waals surface area contributed by atoms with E-state index in [0.29, 0.717) is 41.8 Å². The van der Waals surface area contributed by atoms with Crippen molar-refractivity contribution in [1.29, 1.82) is 0 Å². The van der Waals surface area contributed by atoms with Gasteiger partial charge in [-0.3, -0.25) is 9.52 Å². The van der Waals surface area contributed by atoms with Crippen molar-refractivity contribution in [3.05, 3.63) is 42.0 Å². The van der Waals surface area contributed by atoms with Gasteiger partial charge in [-0.1, -0.05) is 6.07 Å². The van der Waals surface area contributed by atoms with Gasteiger partial charge in [0, 0.05) is 20.0 Å². The van der Waals surface area contributed by atoms with Crippen molar-refractivity contribution in [2.45, 2.75) is 13.3 Å². The number of amides is 1. The summed E-state index contributed by atoms with van der Waals surface area (Å²) >= 11 is 0. The minimum absolute atomic E-state index is 0. The second-order valence-corrected chi connectivity index (χ2v) is 9.11. The van der Waals surface area contributed by atoms with Crippen molar-refractivity contribution in [3.8, 4) is 17.2 Å². The summed E-state index contributed by atoms with van der Waals surface area (Å²) < 4.78 is 41.7. The average molecular weight is 502 g/mol. The summed E-state index contributed by atoms with van der Waals surface area (Å²) in [6.07, 6.45) is 1.90. The van der Waals surface area contributed by atoms with Crippen LogP contribution in [-0.2, 0) is 21.2 Å². The predicted molar refractivity (Wildman–Crippen MR) is 133 cm³/mol. The van der Waals surface area contributed by atoms with Crippen LogP contribution >= 0.6 is 12.4 Å². The lowest BCUT2D eigenvalue weighted by Crippen LogP contribution is -2.26. The Morgan fingerprint density at radius 2 is 1.67 bits per heavy atom.